The predicted molar refractivity (Wildman–Crippen MR) is 77.5 cm³/mol. The van der Waals surface area contributed by atoms with Crippen LogP contribution in [0.25, 0.3) is 0 Å². The van der Waals surface area contributed by atoms with Crippen LogP contribution in [0.3, 0.4) is 0 Å². The molecule has 0 saturated heterocycles. The Morgan fingerprint density at radius 3 is 3.15 bits per heavy atom. The molecule has 1 aliphatic rings. The molecule has 0 amide bonds. The summed E-state index contributed by atoms with van der Waals surface area (Å²) in [6.07, 6.45) is 0.984. The van der Waals surface area contributed by atoms with Crippen molar-refractivity contribution in [3.05, 3.63) is 45.7 Å². The molecule has 3 nitrogen and oxygen atoms in total. The molecule has 0 atom stereocenters. The molecule has 1 aromatic carbocycles. The Kier molecular flexibility index (Phi) is 3.98. The summed E-state index contributed by atoms with van der Waals surface area (Å²) in [5, 5.41) is 0. The van der Waals surface area contributed by atoms with E-state index in [4.69, 9.17) is 4.74 Å². The minimum Gasteiger partial charge on any atom is -0.491 e. The Hall–Kier alpha value is -1.46. The van der Waals surface area contributed by atoms with E-state index >= 15 is 0 Å². The van der Waals surface area contributed by atoms with Crippen LogP contribution in [0.5, 0.6) is 5.75 Å². The van der Waals surface area contributed by atoms with Gasteiger partial charge in [0, 0.05) is 30.9 Å². The van der Waals surface area contributed by atoms with E-state index in [1.165, 1.54) is 10.6 Å². The van der Waals surface area contributed by atoms with Crippen molar-refractivity contribution in [2.75, 3.05) is 13.2 Å². The zero-order valence-corrected chi connectivity index (χ0v) is 12.3. The fourth-order valence-electron chi connectivity index (χ4n) is 2.48. The van der Waals surface area contributed by atoms with E-state index in [1.807, 2.05) is 18.5 Å². The van der Waals surface area contributed by atoms with Gasteiger partial charge in [-0.25, -0.2) is 9.37 Å². The molecule has 5 heteroatoms. The second kappa shape index (κ2) is 5.89. The molecule has 0 bridgehead atoms. The Bertz CT molecular complexity index is 599. The van der Waals surface area contributed by atoms with Crippen molar-refractivity contribution in [3.8, 4) is 5.75 Å². The fraction of sp³-hybridized carbons (Fsp3) is 0.400. The first-order chi connectivity index (χ1) is 9.76. The monoisotopic (exact) mass is 292 g/mol. The van der Waals surface area contributed by atoms with Crippen LogP contribution < -0.4 is 4.74 Å². The van der Waals surface area contributed by atoms with Gasteiger partial charge < -0.3 is 4.74 Å². The zero-order valence-electron chi connectivity index (χ0n) is 11.4. The summed E-state index contributed by atoms with van der Waals surface area (Å²) >= 11 is 1.71. The molecule has 3 rings (SSSR count). The van der Waals surface area contributed by atoms with Crippen molar-refractivity contribution in [1.82, 2.24) is 9.88 Å². The maximum atomic E-state index is 13.8. The van der Waals surface area contributed by atoms with E-state index < -0.39 is 0 Å². The SMILES string of the molecule is CCOc1ccc(CN2CCc3ncsc3C2)cc1F. The average molecular weight is 292 g/mol. The van der Waals surface area contributed by atoms with E-state index in [2.05, 4.69) is 9.88 Å². The summed E-state index contributed by atoms with van der Waals surface area (Å²) in [7, 11) is 0. The number of hydrogen-bond acceptors (Lipinski definition) is 4. The Morgan fingerprint density at radius 1 is 1.45 bits per heavy atom. The first-order valence-corrected chi connectivity index (χ1v) is 7.69. The number of halogens is 1. The number of benzene rings is 1. The molecule has 0 saturated carbocycles. The lowest BCUT2D eigenvalue weighted by atomic mass is 10.1. The third kappa shape index (κ3) is 2.83. The number of ether oxygens (including phenoxy) is 1. The number of nitrogens with zero attached hydrogens (tertiary/aromatic N) is 2. The third-order valence-corrected chi connectivity index (χ3v) is 4.32. The molecule has 2 heterocycles. The minimum atomic E-state index is -0.278. The first kappa shape index (κ1) is 13.5. The molecule has 106 valence electrons. The van der Waals surface area contributed by atoms with Crippen LogP contribution in [0.1, 0.15) is 23.1 Å². The lowest BCUT2D eigenvalue weighted by Gasteiger charge is -2.26. The van der Waals surface area contributed by atoms with Crippen molar-refractivity contribution >= 4 is 11.3 Å². The number of rotatable bonds is 4. The lowest BCUT2D eigenvalue weighted by Crippen LogP contribution is -2.29. The van der Waals surface area contributed by atoms with Gasteiger partial charge in [-0.15, -0.1) is 11.3 Å². The molecule has 1 aliphatic heterocycles. The molecule has 0 radical (unpaired) electrons. The van der Waals surface area contributed by atoms with Crippen LogP contribution in [-0.2, 0) is 19.5 Å². The Morgan fingerprint density at radius 2 is 2.35 bits per heavy atom. The summed E-state index contributed by atoms with van der Waals surface area (Å²) in [6.45, 7) is 4.99. The third-order valence-electron chi connectivity index (χ3n) is 3.46. The van der Waals surface area contributed by atoms with E-state index in [9.17, 15) is 4.39 Å². The van der Waals surface area contributed by atoms with Crippen molar-refractivity contribution in [2.24, 2.45) is 0 Å². The highest BCUT2D eigenvalue weighted by molar-refractivity contribution is 7.09. The molecule has 0 fully saturated rings. The van der Waals surface area contributed by atoms with Gasteiger partial charge in [-0.2, -0.15) is 0 Å². The van der Waals surface area contributed by atoms with E-state index in [0.717, 1.165) is 31.6 Å². The van der Waals surface area contributed by atoms with Gasteiger partial charge >= 0.3 is 0 Å². The van der Waals surface area contributed by atoms with Gasteiger partial charge in [-0.1, -0.05) is 6.07 Å². The second-order valence-electron chi connectivity index (χ2n) is 4.88. The molecular formula is C15H17FN2OS. The van der Waals surface area contributed by atoms with Crippen LogP contribution in [-0.4, -0.2) is 23.0 Å². The fourth-order valence-corrected chi connectivity index (χ4v) is 3.34. The highest BCUT2D eigenvalue weighted by Gasteiger charge is 2.18. The van der Waals surface area contributed by atoms with Crippen LogP contribution in [0, 0.1) is 5.82 Å². The first-order valence-electron chi connectivity index (χ1n) is 6.81. The lowest BCUT2D eigenvalue weighted by molar-refractivity contribution is 0.246. The van der Waals surface area contributed by atoms with Crippen molar-refractivity contribution < 1.29 is 9.13 Å². The summed E-state index contributed by atoms with van der Waals surface area (Å²) in [5.74, 6) is 0.0551. The Balaban J connectivity index is 1.68. The summed E-state index contributed by atoms with van der Waals surface area (Å²) in [4.78, 5) is 8.02. The summed E-state index contributed by atoms with van der Waals surface area (Å²) in [5.41, 5.74) is 4.12. The molecule has 0 spiro atoms. The largest absolute Gasteiger partial charge is 0.491 e. The number of aromatic nitrogens is 1. The molecule has 0 aliphatic carbocycles. The number of fused-ring (bicyclic) bond motifs is 1. The van der Waals surface area contributed by atoms with E-state index in [-0.39, 0.29) is 5.82 Å². The quantitative estimate of drug-likeness (QED) is 0.865. The van der Waals surface area contributed by atoms with E-state index in [1.54, 1.807) is 23.5 Å². The highest BCUT2D eigenvalue weighted by atomic mass is 32.1. The van der Waals surface area contributed by atoms with Crippen LogP contribution >= 0.6 is 11.3 Å². The molecular weight excluding hydrogens is 275 g/mol. The Labute approximate surface area is 122 Å². The second-order valence-corrected chi connectivity index (χ2v) is 5.82. The highest BCUT2D eigenvalue weighted by Crippen LogP contribution is 2.24. The van der Waals surface area contributed by atoms with Crippen molar-refractivity contribution in [1.29, 1.82) is 0 Å². The number of thiazole rings is 1. The topological polar surface area (TPSA) is 25.4 Å². The number of hydrogen-bond donors (Lipinski definition) is 0. The van der Waals surface area contributed by atoms with Gasteiger partial charge in [0.2, 0.25) is 0 Å². The minimum absolute atomic E-state index is 0.278. The maximum absolute atomic E-state index is 13.8. The van der Waals surface area contributed by atoms with Gasteiger partial charge in [-0.3, -0.25) is 4.90 Å². The van der Waals surface area contributed by atoms with Crippen LogP contribution in [0.2, 0.25) is 0 Å². The van der Waals surface area contributed by atoms with Gasteiger partial charge in [-0.05, 0) is 24.6 Å². The summed E-state index contributed by atoms with van der Waals surface area (Å²) in [6, 6.07) is 5.24. The van der Waals surface area contributed by atoms with Crippen LogP contribution in [0.4, 0.5) is 4.39 Å². The molecule has 20 heavy (non-hydrogen) atoms. The molecule has 1 aromatic heterocycles. The van der Waals surface area contributed by atoms with Gasteiger partial charge in [0.1, 0.15) is 0 Å². The van der Waals surface area contributed by atoms with Crippen LogP contribution in [0.15, 0.2) is 23.7 Å². The normalized spacial score (nSPS) is 15.1. The van der Waals surface area contributed by atoms with Gasteiger partial charge in [0.15, 0.2) is 11.6 Å². The predicted octanol–water partition coefficient (Wildman–Crippen LogP) is 3.24. The molecule has 0 N–H and O–H groups in total. The summed E-state index contributed by atoms with van der Waals surface area (Å²) < 4.78 is 19.1. The molecule has 2 aromatic rings. The standard InChI is InChI=1S/C15H17FN2OS/c1-2-19-14-4-3-11(7-12(14)16)8-18-6-5-13-15(9-18)20-10-17-13/h3-4,7,10H,2,5-6,8-9H2,1H3. The average Bonchev–Trinajstić information content (AvgIpc) is 2.89. The molecule has 0 unspecified atom stereocenters. The maximum Gasteiger partial charge on any atom is 0.165 e. The van der Waals surface area contributed by atoms with Crippen molar-refractivity contribution in [3.63, 3.8) is 0 Å². The van der Waals surface area contributed by atoms with Crippen molar-refractivity contribution in [2.45, 2.75) is 26.4 Å². The smallest absolute Gasteiger partial charge is 0.165 e. The zero-order chi connectivity index (χ0) is 13.9. The van der Waals surface area contributed by atoms with Gasteiger partial charge in [0.25, 0.3) is 0 Å². The van der Waals surface area contributed by atoms with E-state index in [0.29, 0.717) is 12.4 Å². The van der Waals surface area contributed by atoms with Gasteiger partial charge in [0.05, 0.1) is 17.8 Å².